The Balaban J connectivity index is 1.25. The Kier molecular flexibility index (Phi) is 8.67. The number of halogens is 2. The van der Waals surface area contributed by atoms with Gasteiger partial charge in [0.15, 0.2) is 0 Å². The maximum absolute atomic E-state index is 14.6. The van der Waals surface area contributed by atoms with Gasteiger partial charge in [-0.2, -0.15) is 0 Å². The molecule has 1 saturated carbocycles. The van der Waals surface area contributed by atoms with Gasteiger partial charge in [0.05, 0.1) is 12.1 Å². The zero-order valence-corrected chi connectivity index (χ0v) is 25.1. The van der Waals surface area contributed by atoms with Crippen molar-refractivity contribution in [2.75, 3.05) is 26.3 Å². The largest absolute Gasteiger partial charge is 0.490 e. The zero-order chi connectivity index (χ0) is 29.9. The molecule has 224 valence electrons. The molecule has 0 radical (unpaired) electrons. The van der Waals surface area contributed by atoms with Gasteiger partial charge in [0.1, 0.15) is 30.5 Å². The van der Waals surface area contributed by atoms with Gasteiger partial charge >= 0.3 is 6.09 Å². The summed E-state index contributed by atoms with van der Waals surface area (Å²) in [6.07, 6.45) is 1.04. The van der Waals surface area contributed by atoms with Gasteiger partial charge in [-0.1, -0.05) is 46.3 Å². The minimum atomic E-state index is -1.04. The Hall–Kier alpha value is -3.89. The number of amides is 2. The molecule has 6 rings (SSSR count). The zero-order valence-electron chi connectivity index (χ0n) is 23.5. The Morgan fingerprint density at radius 1 is 0.953 bits per heavy atom. The van der Waals surface area contributed by atoms with E-state index in [-0.39, 0.29) is 30.4 Å². The van der Waals surface area contributed by atoms with Gasteiger partial charge in [0.25, 0.3) is 5.91 Å². The lowest BCUT2D eigenvalue weighted by Crippen LogP contribution is -2.63. The Labute approximate surface area is 258 Å². The van der Waals surface area contributed by atoms with E-state index in [1.54, 1.807) is 23.1 Å². The second kappa shape index (κ2) is 12.8. The monoisotopic (exact) mass is 649 g/mol. The maximum Gasteiger partial charge on any atom is 0.408 e. The number of hydrogen-bond acceptors (Lipinski definition) is 5. The van der Waals surface area contributed by atoms with Crippen LogP contribution < -0.4 is 14.8 Å². The van der Waals surface area contributed by atoms with E-state index in [9.17, 15) is 19.1 Å². The van der Waals surface area contributed by atoms with Crippen LogP contribution in [0.25, 0.3) is 5.57 Å². The third-order valence-electron chi connectivity index (χ3n) is 8.18. The molecule has 2 bridgehead atoms. The van der Waals surface area contributed by atoms with Gasteiger partial charge in [0.2, 0.25) is 0 Å². The first kappa shape index (κ1) is 29.2. The Morgan fingerprint density at radius 2 is 1.60 bits per heavy atom. The summed E-state index contributed by atoms with van der Waals surface area (Å²) >= 11 is 3.41. The third-order valence-corrected chi connectivity index (χ3v) is 8.71. The first-order chi connectivity index (χ1) is 20.9. The number of carbonyl (C=O) groups is 2. The molecule has 3 aliphatic rings. The fraction of sp³-hybridized carbons (Fsp3) is 0.333. The summed E-state index contributed by atoms with van der Waals surface area (Å²) < 4.78 is 27.2. The van der Waals surface area contributed by atoms with Crippen LogP contribution in [0.1, 0.15) is 30.4 Å². The second-order valence-corrected chi connectivity index (χ2v) is 12.0. The van der Waals surface area contributed by atoms with Crippen LogP contribution >= 0.6 is 15.9 Å². The molecule has 2 unspecified atom stereocenters. The van der Waals surface area contributed by atoms with E-state index in [0.717, 1.165) is 34.2 Å². The predicted octanol–water partition coefficient (Wildman–Crippen LogP) is 5.71. The Bertz CT molecular complexity index is 1510. The van der Waals surface area contributed by atoms with E-state index in [4.69, 9.17) is 9.47 Å². The van der Waals surface area contributed by atoms with Gasteiger partial charge in [-0.05, 0) is 72.9 Å². The quantitative estimate of drug-likeness (QED) is 0.273. The van der Waals surface area contributed by atoms with Crippen molar-refractivity contribution in [2.24, 2.45) is 0 Å². The predicted molar refractivity (Wildman–Crippen MR) is 163 cm³/mol. The summed E-state index contributed by atoms with van der Waals surface area (Å²) in [5, 5.41) is 13.4. The summed E-state index contributed by atoms with van der Waals surface area (Å²) in [5.74, 6) is 0.836. The fourth-order valence-electron chi connectivity index (χ4n) is 5.95. The fourth-order valence-corrected chi connectivity index (χ4v) is 6.21. The number of benzene rings is 3. The van der Waals surface area contributed by atoms with Crippen LogP contribution in [0.3, 0.4) is 0 Å². The number of hydrogen-bond donors (Lipinski definition) is 2. The molecule has 1 saturated heterocycles. The second-order valence-electron chi connectivity index (χ2n) is 11.0. The first-order valence-electron chi connectivity index (χ1n) is 14.5. The van der Waals surface area contributed by atoms with Crippen LogP contribution in [0.15, 0.2) is 82.8 Å². The number of rotatable bonds is 10. The van der Waals surface area contributed by atoms with Crippen molar-refractivity contribution in [3.05, 3.63) is 99.8 Å². The number of piperazine rings is 1. The molecular weight excluding hydrogens is 617 g/mol. The molecule has 43 heavy (non-hydrogen) atoms. The third kappa shape index (κ3) is 6.55. The number of nitrogens with zero attached hydrogens (tertiary/aromatic N) is 2. The van der Waals surface area contributed by atoms with Gasteiger partial charge in [-0.25, -0.2) is 9.18 Å². The lowest BCUT2D eigenvalue weighted by molar-refractivity contribution is -0.129. The van der Waals surface area contributed by atoms with Gasteiger partial charge in [-0.15, -0.1) is 0 Å². The van der Waals surface area contributed by atoms with Crippen LogP contribution in [-0.2, 0) is 11.3 Å². The van der Waals surface area contributed by atoms with E-state index in [1.807, 2.05) is 48.5 Å². The molecule has 2 aliphatic heterocycles. The summed E-state index contributed by atoms with van der Waals surface area (Å²) in [7, 11) is 0. The normalized spacial score (nSPS) is 19.6. The van der Waals surface area contributed by atoms with Crippen molar-refractivity contribution in [1.82, 2.24) is 15.1 Å². The number of carboxylic acid groups (broad SMARTS) is 1. The molecule has 2 amide bonds. The van der Waals surface area contributed by atoms with E-state index in [1.165, 1.54) is 11.0 Å². The van der Waals surface area contributed by atoms with Gasteiger partial charge in [-0.3, -0.25) is 9.69 Å². The minimum absolute atomic E-state index is 0.00353. The molecule has 1 aliphatic carbocycles. The van der Waals surface area contributed by atoms with Crippen LogP contribution in [0.4, 0.5) is 9.18 Å². The van der Waals surface area contributed by atoms with Crippen LogP contribution in [-0.4, -0.2) is 71.3 Å². The molecule has 2 fully saturated rings. The molecule has 3 aromatic carbocycles. The SMILES string of the molecule is O=C(C1=C(c2ccc(OCCOc3ccc(Br)cc3)cc2)CC2CNCC1N2C(=O)O)N(Cc1ccccc1F)C1CC1. The number of nitrogens with one attached hydrogen (secondary N) is 1. The molecule has 10 heteroatoms. The first-order valence-corrected chi connectivity index (χ1v) is 15.3. The van der Waals surface area contributed by atoms with Crippen LogP contribution in [0.2, 0.25) is 0 Å². The number of carbonyl (C=O) groups excluding carboxylic acids is 1. The summed E-state index contributed by atoms with van der Waals surface area (Å²) in [6, 6.07) is 20.7. The minimum Gasteiger partial charge on any atom is -0.490 e. The molecule has 2 heterocycles. The molecule has 0 spiro atoms. The molecule has 3 aromatic rings. The lowest BCUT2D eigenvalue weighted by Gasteiger charge is -2.47. The van der Waals surface area contributed by atoms with E-state index >= 15 is 0 Å². The van der Waals surface area contributed by atoms with Crippen LogP contribution in [0.5, 0.6) is 11.5 Å². The summed E-state index contributed by atoms with van der Waals surface area (Å²) in [6.45, 7) is 1.73. The highest BCUT2D eigenvalue weighted by Crippen LogP contribution is 2.40. The molecule has 8 nitrogen and oxygen atoms in total. The standard InChI is InChI=1S/C33H33BrFN3O5/c34-23-7-13-27(14-8-23)43-16-15-42-26-11-5-21(6-12-26)28-17-25-18-36-19-30(38(25)33(40)41)31(28)32(39)37(24-9-10-24)20-22-3-1-2-4-29(22)35/h1-8,11-14,24-25,30,36H,9-10,15-20H2,(H,40,41). The molecular formula is C33H33BrFN3O5. The van der Waals surface area contributed by atoms with E-state index in [0.29, 0.717) is 49.6 Å². The van der Waals surface area contributed by atoms with Crippen LogP contribution in [0, 0.1) is 5.82 Å². The molecule has 2 N–H and O–H groups in total. The van der Waals surface area contributed by atoms with Crippen molar-refractivity contribution in [1.29, 1.82) is 0 Å². The highest BCUT2D eigenvalue weighted by Gasteiger charge is 2.46. The number of fused-ring (bicyclic) bond motifs is 2. The van der Waals surface area contributed by atoms with Crippen molar-refractivity contribution in [3.8, 4) is 11.5 Å². The average molecular weight is 651 g/mol. The molecule has 0 aromatic heterocycles. The van der Waals surface area contributed by atoms with Crippen molar-refractivity contribution in [3.63, 3.8) is 0 Å². The molecule has 2 atom stereocenters. The highest BCUT2D eigenvalue weighted by atomic mass is 79.9. The van der Waals surface area contributed by atoms with E-state index < -0.39 is 12.1 Å². The van der Waals surface area contributed by atoms with Gasteiger partial charge < -0.3 is 24.8 Å². The van der Waals surface area contributed by atoms with Gasteiger partial charge in [0, 0.05) is 41.3 Å². The van der Waals surface area contributed by atoms with Crippen molar-refractivity contribution >= 4 is 33.5 Å². The average Bonchev–Trinajstić information content (AvgIpc) is 3.85. The van der Waals surface area contributed by atoms with Crippen molar-refractivity contribution in [2.45, 2.75) is 43.9 Å². The summed E-state index contributed by atoms with van der Waals surface area (Å²) in [5.41, 5.74) is 2.60. The topological polar surface area (TPSA) is 91.3 Å². The summed E-state index contributed by atoms with van der Waals surface area (Å²) in [4.78, 5) is 29.9. The number of ether oxygens (including phenoxy) is 2. The smallest absolute Gasteiger partial charge is 0.408 e. The maximum atomic E-state index is 14.6. The lowest BCUT2D eigenvalue weighted by atomic mass is 9.82. The Morgan fingerprint density at radius 3 is 2.23 bits per heavy atom. The highest BCUT2D eigenvalue weighted by molar-refractivity contribution is 9.10. The van der Waals surface area contributed by atoms with E-state index in [2.05, 4.69) is 21.2 Å². The van der Waals surface area contributed by atoms with Crippen molar-refractivity contribution < 1.29 is 28.6 Å².